The van der Waals surface area contributed by atoms with Gasteiger partial charge in [-0.05, 0) is 198 Å². The van der Waals surface area contributed by atoms with Crippen molar-refractivity contribution in [1.29, 1.82) is 0 Å². The average Bonchev–Trinajstić information content (AvgIpc) is 0.736. The Morgan fingerprint density at radius 1 is 0.118 bits per heavy atom. The zero-order valence-electron chi connectivity index (χ0n) is 73.9. The second kappa shape index (κ2) is 36.9. The molecule has 0 N–H and O–H groups in total. The van der Waals surface area contributed by atoms with Gasteiger partial charge in [0.25, 0.3) is 0 Å². The van der Waals surface area contributed by atoms with E-state index >= 15 is 0 Å². The number of pyridine rings is 3. The van der Waals surface area contributed by atoms with Gasteiger partial charge in [0.15, 0.2) is 17.5 Å². The summed E-state index contributed by atoms with van der Waals surface area (Å²) >= 11 is 0. The zero-order chi connectivity index (χ0) is 90.5. The number of nitrogens with zero attached hydrogens (tertiary/aromatic N) is 9. The smallest absolute Gasteiger partial charge is 0.161 e. The SMILES string of the molecule is c1ccc(-c2nc(-c3cccc(-c4cccnc4)c3)cc(-c3cccc(-c4cccc5ccccc45)c3)n2)cc1.c1cncc(-c2cccc(-c3cc(-c4ccc(-c5cccc6ccccc56)cc4)nc(-c4ccc5c6ccccc6c6ccccc6c5c4)n3)c2)c1.c1cncc(-c2cccc(-c3cc(-c4cccc(-c5cccc6ccccc56)c4)nc(-c4cccc5ccccc45)n3)c2)c1. The van der Waals surface area contributed by atoms with Gasteiger partial charge in [-0.15, -0.1) is 0 Å². The summed E-state index contributed by atoms with van der Waals surface area (Å²) in [7, 11) is 0. The van der Waals surface area contributed by atoms with Crippen molar-refractivity contribution < 1.29 is 0 Å². The zero-order valence-corrected chi connectivity index (χ0v) is 73.9. The minimum atomic E-state index is 0.691. The van der Waals surface area contributed by atoms with Crippen LogP contribution in [0.1, 0.15) is 0 Å². The van der Waals surface area contributed by atoms with Gasteiger partial charge in [0.05, 0.1) is 34.2 Å². The van der Waals surface area contributed by atoms with Crippen molar-refractivity contribution in [3.05, 3.63) is 504 Å². The van der Waals surface area contributed by atoms with Gasteiger partial charge < -0.3 is 0 Å². The van der Waals surface area contributed by atoms with E-state index in [0.29, 0.717) is 17.5 Å². The molecule has 0 aliphatic rings. The van der Waals surface area contributed by atoms with E-state index in [-0.39, 0.29) is 0 Å². The highest BCUT2D eigenvalue weighted by Gasteiger charge is 2.21. The molecule has 6 heterocycles. The Labute approximate surface area is 787 Å². The molecule has 6 aromatic heterocycles. The summed E-state index contributed by atoms with van der Waals surface area (Å²) in [6, 6.07) is 164. The molecule has 0 amide bonds. The van der Waals surface area contributed by atoms with Crippen molar-refractivity contribution in [2.45, 2.75) is 0 Å². The van der Waals surface area contributed by atoms with E-state index in [4.69, 9.17) is 29.9 Å². The predicted octanol–water partition coefficient (Wildman–Crippen LogP) is 32.7. The van der Waals surface area contributed by atoms with Gasteiger partial charge in [0.2, 0.25) is 0 Å². The first kappa shape index (κ1) is 82.1. The van der Waals surface area contributed by atoms with Crippen LogP contribution in [0.25, 0.3) is 244 Å². The minimum Gasteiger partial charge on any atom is -0.264 e. The van der Waals surface area contributed by atoms with E-state index in [1.807, 2.05) is 55.0 Å². The number of hydrogen-bond donors (Lipinski definition) is 0. The van der Waals surface area contributed by atoms with Crippen LogP contribution in [0.5, 0.6) is 0 Å². The third kappa shape index (κ3) is 16.8. The standard InChI is InChI=1S/C49H31N3.C41H27N3.C37H25N3/c1-2-15-39-32(10-1)11-8-20-40(39)33-21-23-34(24-22-33)47-30-48(36-13-7-12-35(28-36)38-14-9-27-50-31-38)52-49(51-47)37-25-26-45-43-18-4-3-16-41(43)42-17-5-6-19-44(42)46(45)29-37;1-3-19-35-28(10-1)12-7-21-37(35)31-15-6-17-33(25-31)40-26-39(32-16-5-14-30(24-32)34-18-9-23-42-27-34)43-41(44-40)38-22-8-13-29-11-2-4-20-36(29)38;1-2-11-27(12-3-1)37-39-35(30-16-6-14-28(22-30)32-18-9-21-38-25-32)24-36(40-37)31-17-7-15-29(23-31)34-20-8-13-26-10-4-5-19-33(26)34/h1-31H;1-27H;1-25H. The summed E-state index contributed by atoms with van der Waals surface area (Å²) < 4.78 is 0. The van der Waals surface area contributed by atoms with Crippen molar-refractivity contribution in [1.82, 2.24) is 44.9 Å². The fourth-order valence-corrected chi connectivity index (χ4v) is 18.8. The molecule has 25 rings (SSSR count). The van der Waals surface area contributed by atoms with Gasteiger partial charge in [-0.2, -0.15) is 0 Å². The predicted molar refractivity (Wildman–Crippen MR) is 564 cm³/mol. The Morgan fingerprint density at radius 2 is 0.368 bits per heavy atom. The molecular weight excluding hydrogens is 1650 g/mol. The molecule has 636 valence electrons. The molecule has 25 aromatic rings. The van der Waals surface area contributed by atoms with Gasteiger partial charge >= 0.3 is 0 Å². The van der Waals surface area contributed by atoms with E-state index < -0.39 is 0 Å². The van der Waals surface area contributed by atoms with E-state index in [2.05, 4.69) is 446 Å². The molecule has 0 aliphatic heterocycles. The summed E-state index contributed by atoms with van der Waals surface area (Å²) in [5.74, 6) is 2.10. The summed E-state index contributed by atoms with van der Waals surface area (Å²) in [6.07, 6.45) is 11.1. The molecule has 136 heavy (non-hydrogen) atoms. The van der Waals surface area contributed by atoms with E-state index in [1.54, 1.807) is 18.6 Å². The van der Waals surface area contributed by atoms with Gasteiger partial charge in [-0.25, -0.2) is 29.9 Å². The van der Waals surface area contributed by atoms with Crippen LogP contribution in [0.3, 0.4) is 0 Å². The fraction of sp³-hybridized carbons (Fsp3) is 0. The first-order valence-corrected chi connectivity index (χ1v) is 45.7. The molecular formula is C127H83N9. The van der Waals surface area contributed by atoms with Crippen molar-refractivity contribution in [3.63, 3.8) is 0 Å². The van der Waals surface area contributed by atoms with E-state index in [1.165, 1.54) is 86.9 Å². The Morgan fingerprint density at radius 3 is 0.750 bits per heavy atom. The van der Waals surface area contributed by atoms with Crippen molar-refractivity contribution in [3.8, 4) is 168 Å². The van der Waals surface area contributed by atoms with Crippen LogP contribution in [0.2, 0.25) is 0 Å². The Bertz CT molecular complexity index is 8740. The Hall–Kier alpha value is -18.3. The first-order chi connectivity index (χ1) is 67.4. The minimum absolute atomic E-state index is 0.691. The molecule has 0 fully saturated rings. The topological polar surface area (TPSA) is 116 Å². The number of hydrogen-bond acceptors (Lipinski definition) is 9. The first-order valence-electron chi connectivity index (χ1n) is 45.7. The third-order valence-electron chi connectivity index (χ3n) is 25.5. The van der Waals surface area contributed by atoms with Gasteiger partial charge in [-0.1, -0.05) is 394 Å². The lowest BCUT2D eigenvalue weighted by molar-refractivity contribution is 1.18. The molecule has 0 atom stereocenters. The van der Waals surface area contributed by atoms with Crippen molar-refractivity contribution in [2.24, 2.45) is 0 Å². The van der Waals surface area contributed by atoms with Crippen LogP contribution in [0.4, 0.5) is 0 Å². The van der Waals surface area contributed by atoms with Crippen LogP contribution >= 0.6 is 0 Å². The van der Waals surface area contributed by atoms with Crippen molar-refractivity contribution in [2.75, 3.05) is 0 Å². The van der Waals surface area contributed by atoms with Gasteiger partial charge in [0.1, 0.15) is 0 Å². The normalized spacial score (nSPS) is 11.2. The highest BCUT2D eigenvalue weighted by atomic mass is 14.9. The highest BCUT2D eigenvalue weighted by Crippen LogP contribution is 2.43. The van der Waals surface area contributed by atoms with Crippen LogP contribution in [0.15, 0.2) is 504 Å². The summed E-state index contributed by atoms with van der Waals surface area (Å²) in [4.78, 5) is 44.0. The number of benzene rings is 19. The largest absolute Gasteiger partial charge is 0.264 e. The lowest BCUT2D eigenvalue weighted by Gasteiger charge is -2.13. The molecule has 0 saturated heterocycles. The molecule has 0 spiro atoms. The number of aromatic nitrogens is 9. The van der Waals surface area contributed by atoms with Crippen LogP contribution in [0, 0.1) is 0 Å². The second-order valence-corrected chi connectivity index (χ2v) is 33.9. The summed E-state index contributed by atoms with van der Waals surface area (Å²) in [6.45, 7) is 0. The fourth-order valence-electron chi connectivity index (χ4n) is 18.8. The van der Waals surface area contributed by atoms with Gasteiger partial charge in [-0.3, -0.25) is 15.0 Å². The van der Waals surface area contributed by atoms with Gasteiger partial charge in [0, 0.05) is 104 Å². The maximum Gasteiger partial charge on any atom is 0.161 e. The van der Waals surface area contributed by atoms with E-state index in [9.17, 15) is 0 Å². The summed E-state index contributed by atoms with van der Waals surface area (Å²) in [5.41, 5.74) is 28.1. The third-order valence-corrected chi connectivity index (χ3v) is 25.5. The lowest BCUT2D eigenvalue weighted by atomic mass is 9.93. The van der Waals surface area contributed by atoms with Crippen LogP contribution < -0.4 is 0 Å². The van der Waals surface area contributed by atoms with Crippen molar-refractivity contribution >= 4 is 75.4 Å². The number of rotatable bonds is 15. The molecule has 0 unspecified atom stereocenters. The molecule has 0 bridgehead atoms. The molecule has 0 radical (unpaired) electrons. The quantitative estimate of drug-likeness (QED) is 0.0925. The number of fused-ring (bicyclic) bond motifs is 10. The molecule has 0 aliphatic carbocycles. The molecule has 19 aromatic carbocycles. The maximum atomic E-state index is 5.26. The van der Waals surface area contributed by atoms with Crippen LogP contribution in [-0.2, 0) is 0 Å². The monoisotopic (exact) mass is 1730 g/mol. The summed E-state index contributed by atoms with van der Waals surface area (Å²) in [5, 5.41) is 17.1. The average molecular weight is 1740 g/mol. The Kier molecular flexibility index (Phi) is 22.3. The van der Waals surface area contributed by atoms with E-state index in [0.717, 1.165) is 140 Å². The molecule has 9 heteroatoms. The highest BCUT2D eigenvalue weighted by molar-refractivity contribution is 6.26. The molecule has 0 saturated carbocycles. The lowest BCUT2D eigenvalue weighted by Crippen LogP contribution is -1.97. The van der Waals surface area contributed by atoms with Crippen LogP contribution in [-0.4, -0.2) is 44.9 Å². The Balaban J connectivity index is 0.000000116. The molecule has 9 nitrogen and oxygen atoms in total. The maximum absolute atomic E-state index is 5.26. The second-order valence-electron chi connectivity index (χ2n) is 33.9.